The van der Waals surface area contributed by atoms with E-state index >= 15 is 0 Å². The SMILES string of the molecule is COc1cc(NC(=O)c2cc(C)c3c(c2)-c2ccccc2S(=O)(=O)N3C)c(OC)cc1Cl. The van der Waals surface area contributed by atoms with Crippen molar-refractivity contribution in [1.82, 2.24) is 0 Å². The van der Waals surface area contributed by atoms with Gasteiger partial charge in [0.05, 0.1) is 35.5 Å². The number of hydrogen-bond donors (Lipinski definition) is 1. The smallest absolute Gasteiger partial charge is 0.264 e. The molecule has 4 rings (SSSR count). The number of hydrogen-bond acceptors (Lipinski definition) is 5. The Kier molecular flexibility index (Phi) is 5.52. The van der Waals surface area contributed by atoms with E-state index in [0.29, 0.717) is 50.2 Å². The fourth-order valence-corrected chi connectivity index (χ4v) is 5.58. The van der Waals surface area contributed by atoms with Gasteiger partial charge in [0, 0.05) is 35.9 Å². The first-order valence-corrected chi connectivity index (χ1v) is 11.5. The molecule has 0 aliphatic carbocycles. The predicted octanol–water partition coefficient (Wildman–Crippen LogP) is 4.72. The van der Waals surface area contributed by atoms with Crippen LogP contribution in [0.5, 0.6) is 11.5 Å². The average molecular weight is 473 g/mol. The van der Waals surface area contributed by atoms with Crippen molar-refractivity contribution in [2.24, 2.45) is 0 Å². The van der Waals surface area contributed by atoms with Gasteiger partial charge in [-0.25, -0.2) is 8.42 Å². The van der Waals surface area contributed by atoms with Gasteiger partial charge in [-0.3, -0.25) is 9.10 Å². The number of halogens is 1. The number of sulfonamides is 1. The molecule has 166 valence electrons. The Bertz CT molecular complexity index is 1350. The minimum Gasteiger partial charge on any atom is -0.495 e. The maximum Gasteiger partial charge on any atom is 0.264 e. The number of nitrogens with one attached hydrogen (secondary N) is 1. The summed E-state index contributed by atoms with van der Waals surface area (Å²) in [5.74, 6) is 0.396. The molecule has 9 heteroatoms. The van der Waals surface area contributed by atoms with E-state index in [2.05, 4.69) is 5.32 Å². The normalized spacial score (nSPS) is 13.7. The van der Waals surface area contributed by atoms with Crippen molar-refractivity contribution >= 4 is 38.9 Å². The Morgan fingerprint density at radius 2 is 1.69 bits per heavy atom. The fourth-order valence-electron chi connectivity index (χ4n) is 3.87. The summed E-state index contributed by atoms with van der Waals surface area (Å²) >= 11 is 6.15. The van der Waals surface area contributed by atoms with Crippen molar-refractivity contribution < 1.29 is 22.7 Å². The van der Waals surface area contributed by atoms with E-state index in [1.165, 1.54) is 25.6 Å². The van der Waals surface area contributed by atoms with Crippen LogP contribution in [-0.2, 0) is 10.0 Å². The van der Waals surface area contributed by atoms with E-state index in [4.69, 9.17) is 21.1 Å². The lowest BCUT2D eigenvalue weighted by Gasteiger charge is -2.31. The van der Waals surface area contributed by atoms with Gasteiger partial charge < -0.3 is 14.8 Å². The number of ether oxygens (including phenoxy) is 2. The van der Waals surface area contributed by atoms with Gasteiger partial charge >= 0.3 is 0 Å². The molecule has 3 aromatic rings. The van der Waals surface area contributed by atoms with Crippen LogP contribution in [0.15, 0.2) is 53.4 Å². The zero-order valence-electron chi connectivity index (χ0n) is 17.9. The van der Waals surface area contributed by atoms with Gasteiger partial charge in [0.1, 0.15) is 11.5 Å². The van der Waals surface area contributed by atoms with Crippen LogP contribution in [0.25, 0.3) is 11.1 Å². The summed E-state index contributed by atoms with van der Waals surface area (Å²) in [6, 6.07) is 13.3. The standard InChI is InChI=1S/C23H21ClN2O5S/c1-13-9-14(23(27)25-18-12-19(30-3)17(24)11-20(18)31-4)10-16-15-7-5-6-8-21(15)32(28,29)26(2)22(13)16/h5-12H,1-4H3,(H,25,27). The topological polar surface area (TPSA) is 84.9 Å². The monoisotopic (exact) mass is 472 g/mol. The molecule has 1 aliphatic heterocycles. The molecule has 0 radical (unpaired) electrons. The number of carbonyl (C=O) groups excluding carboxylic acids is 1. The summed E-state index contributed by atoms with van der Waals surface area (Å²) in [6.45, 7) is 1.78. The molecule has 0 spiro atoms. The Labute approximate surface area is 191 Å². The maximum atomic E-state index is 13.2. The first-order valence-electron chi connectivity index (χ1n) is 9.65. The predicted molar refractivity (Wildman–Crippen MR) is 125 cm³/mol. The van der Waals surface area contributed by atoms with Gasteiger partial charge in [-0.15, -0.1) is 0 Å². The van der Waals surface area contributed by atoms with Gasteiger partial charge in [-0.05, 0) is 30.7 Å². The molecule has 0 atom stereocenters. The highest BCUT2D eigenvalue weighted by atomic mass is 35.5. The number of anilines is 2. The Morgan fingerprint density at radius 3 is 2.38 bits per heavy atom. The highest BCUT2D eigenvalue weighted by Crippen LogP contribution is 2.44. The average Bonchev–Trinajstić information content (AvgIpc) is 2.78. The highest BCUT2D eigenvalue weighted by molar-refractivity contribution is 7.93. The minimum atomic E-state index is -3.67. The van der Waals surface area contributed by atoms with Crippen LogP contribution in [0, 0.1) is 6.92 Å². The summed E-state index contributed by atoms with van der Waals surface area (Å²) in [5, 5.41) is 3.19. The molecule has 32 heavy (non-hydrogen) atoms. The van der Waals surface area contributed by atoms with Crippen LogP contribution < -0.4 is 19.1 Å². The molecule has 0 saturated heterocycles. The Balaban J connectivity index is 1.81. The molecule has 0 bridgehead atoms. The van der Waals surface area contributed by atoms with E-state index in [-0.39, 0.29) is 10.8 Å². The van der Waals surface area contributed by atoms with Crippen molar-refractivity contribution in [1.29, 1.82) is 0 Å². The van der Waals surface area contributed by atoms with Crippen LogP contribution in [0.4, 0.5) is 11.4 Å². The minimum absolute atomic E-state index is 0.205. The van der Waals surface area contributed by atoms with Gasteiger partial charge in [-0.2, -0.15) is 0 Å². The number of amides is 1. The summed E-state index contributed by atoms with van der Waals surface area (Å²) in [6.07, 6.45) is 0. The number of carbonyl (C=O) groups is 1. The number of aryl methyl sites for hydroxylation is 1. The Hall–Kier alpha value is -3.23. The highest BCUT2D eigenvalue weighted by Gasteiger charge is 2.34. The fraction of sp³-hybridized carbons (Fsp3) is 0.174. The van der Waals surface area contributed by atoms with Crippen LogP contribution in [0.1, 0.15) is 15.9 Å². The molecule has 0 fully saturated rings. The summed E-state index contributed by atoms with van der Waals surface area (Å²) < 4.78 is 37.7. The van der Waals surface area contributed by atoms with Crippen LogP contribution in [0.3, 0.4) is 0 Å². The van der Waals surface area contributed by atoms with Crippen molar-refractivity contribution in [2.45, 2.75) is 11.8 Å². The summed E-state index contributed by atoms with van der Waals surface area (Å²) in [7, 11) is 0.803. The zero-order valence-corrected chi connectivity index (χ0v) is 19.5. The molecule has 1 N–H and O–H groups in total. The van der Waals surface area contributed by atoms with E-state index in [1.807, 2.05) is 0 Å². The van der Waals surface area contributed by atoms with E-state index in [9.17, 15) is 13.2 Å². The first-order chi connectivity index (χ1) is 15.2. The second kappa shape index (κ2) is 8.03. The van der Waals surface area contributed by atoms with Crippen LogP contribution >= 0.6 is 11.6 Å². The molecule has 1 heterocycles. The lowest BCUT2D eigenvalue weighted by atomic mass is 9.96. The second-order valence-corrected chi connectivity index (χ2v) is 9.64. The number of nitrogens with zero attached hydrogens (tertiary/aromatic N) is 1. The van der Waals surface area contributed by atoms with E-state index < -0.39 is 10.0 Å². The summed E-state index contributed by atoms with van der Waals surface area (Å²) in [5.41, 5.74) is 3.21. The van der Waals surface area contributed by atoms with Crippen molar-refractivity contribution in [3.8, 4) is 22.6 Å². The number of rotatable bonds is 4. The van der Waals surface area contributed by atoms with Crippen LogP contribution in [-0.4, -0.2) is 35.6 Å². The van der Waals surface area contributed by atoms with Gasteiger partial charge in [0.15, 0.2) is 0 Å². The third-order valence-electron chi connectivity index (χ3n) is 5.42. The largest absolute Gasteiger partial charge is 0.495 e. The van der Waals surface area contributed by atoms with Crippen molar-refractivity contribution in [2.75, 3.05) is 30.9 Å². The van der Waals surface area contributed by atoms with Gasteiger partial charge in [0.25, 0.3) is 15.9 Å². The summed E-state index contributed by atoms with van der Waals surface area (Å²) in [4.78, 5) is 13.4. The van der Waals surface area contributed by atoms with Crippen LogP contribution in [0.2, 0.25) is 5.02 Å². The second-order valence-electron chi connectivity index (χ2n) is 7.30. The molecule has 3 aromatic carbocycles. The van der Waals surface area contributed by atoms with Crippen molar-refractivity contribution in [3.63, 3.8) is 0 Å². The molecular weight excluding hydrogens is 452 g/mol. The lowest BCUT2D eigenvalue weighted by molar-refractivity contribution is 0.102. The zero-order chi connectivity index (χ0) is 23.2. The Morgan fingerprint density at radius 1 is 1.00 bits per heavy atom. The van der Waals surface area contributed by atoms with E-state index in [0.717, 1.165) is 0 Å². The molecule has 1 amide bonds. The van der Waals surface area contributed by atoms with Gasteiger partial charge in [0.2, 0.25) is 0 Å². The molecule has 0 saturated carbocycles. The quantitative estimate of drug-likeness (QED) is 0.593. The molecular formula is C23H21ClN2O5S. The number of benzene rings is 3. The third-order valence-corrected chi connectivity index (χ3v) is 7.53. The first kappa shape index (κ1) is 22.0. The van der Waals surface area contributed by atoms with Crippen molar-refractivity contribution in [3.05, 3.63) is 64.7 Å². The third kappa shape index (κ3) is 3.45. The lowest BCUT2D eigenvalue weighted by Crippen LogP contribution is -2.31. The van der Waals surface area contributed by atoms with E-state index in [1.54, 1.807) is 55.5 Å². The maximum absolute atomic E-state index is 13.2. The number of fused-ring (bicyclic) bond motifs is 3. The molecule has 0 aromatic heterocycles. The van der Waals surface area contributed by atoms with Gasteiger partial charge in [-0.1, -0.05) is 29.8 Å². The molecule has 7 nitrogen and oxygen atoms in total. The molecule has 1 aliphatic rings. The number of methoxy groups -OCH3 is 2. The molecule has 0 unspecified atom stereocenters.